The van der Waals surface area contributed by atoms with Crippen LogP contribution in [-0.2, 0) is 6.42 Å². The van der Waals surface area contributed by atoms with Gasteiger partial charge < -0.3 is 11.1 Å². The van der Waals surface area contributed by atoms with E-state index in [0.717, 1.165) is 16.6 Å². The van der Waals surface area contributed by atoms with Crippen molar-refractivity contribution in [1.29, 1.82) is 0 Å². The van der Waals surface area contributed by atoms with Crippen LogP contribution >= 0.6 is 15.9 Å². The van der Waals surface area contributed by atoms with Crippen LogP contribution in [0.15, 0.2) is 53.0 Å². The topological polar surface area (TPSA) is 38.0 Å². The zero-order valence-corrected chi connectivity index (χ0v) is 13.6. The van der Waals surface area contributed by atoms with E-state index in [2.05, 4.69) is 77.6 Å². The summed E-state index contributed by atoms with van der Waals surface area (Å²) in [5.41, 5.74) is 9.53. The average Bonchev–Trinajstić information content (AvgIpc) is 2.44. The summed E-state index contributed by atoms with van der Waals surface area (Å²) in [6.45, 7) is 4.86. The molecule has 0 saturated heterocycles. The van der Waals surface area contributed by atoms with Crippen LogP contribution in [0.25, 0.3) is 0 Å². The zero-order valence-electron chi connectivity index (χ0n) is 12.0. The number of hydrogen-bond acceptors (Lipinski definition) is 2. The van der Waals surface area contributed by atoms with Gasteiger partial charge in [-0.3, -0.25) is 0 Å². The number of rotatable bonds is 5. The highest BCUT2D eigenvalue weighted by Crippen LogP contribution is 2.22. The molecule has 0 heterocycles. The lowest BCUT2D eigenvalue weighted by Gasteiger charge is -2.31. The van der Waals surface area contributed by atoms with Crippen molar-refractivity contribution in [2.45, 2.75) is 25.8 Å². The lowest BCUT2D eigenvalue weighted by atomic mass is 9.92. The Kier molecular flexibility index (Phi) is 4.84. The molecule has 0 aliphatic rings. The smallest absolute Gasteiger partial charge is 0.0507 e. The van der Waals surface area contributed by atoms with E-state index in [4.69, 9.17) is 5.73 Å². The first-order valence-corrected chi connectivity index (χ1v) is 7.60. The summed E-state index contributed by atoms with van der Waals surface area (Å²) < 4.78 is 1.10. The molecular weight excluding hydrogens is 312 g/mol. The Morgan fingerprint density at radius 3 is 2.35 bits per heavy atom. The van der Waals surface area contributed by atoms with E-state index in [0.29, 0.717) is 6.54 Å². The van der Waals surface area contributed by atoms with E-state index in [-0.39, 0.29) is 5.54 Å². The Morgan fingerprint density at radius 2 is 1.75 bits per heavy atom. The van der Waals surface area contributed by atoms with E-state index in [9.17, 15) is 0 Å². The number of aryl methyl sites for hydroxylation is 1. The number of halogens is 1. The zero-order chi connectivity index (χ0) is 14.6. The van der Waals surface area contributed by atoms with Gasteiger partial charge in [0.25, 0.3) is 0 Å². The number of benzene rings is 2. The number of anilines is 1. The lowest BCUT2D eigenvalue weighted by molar-refractivity contribution is 0.520. The molecular formula is C17H21BrN2. The Hall–Kier alpha value is -1.32. The maximum Gasteiger partial charge on any atom is 0.0507 e. The second-order valence-electron chi connectivity index (χ2n) is 5.51. The first-order chi connectivity index (χ1) is 9.52. The van der Waals surface area contributed by atoms with Gasteiger partial charge in [0.05, 0.1) is 5.54 Å². The van der Waals surface area contributed by atoms with Crippen LogP contribution < -0.4 is 11.1 Å². The van der Waals surface area contributed by atoms with Gasteiger partial charge >= 0.3 is 0 Å². The first-order valence-electron chi connectivity index (χ1n) is 6.81. The molecule has 0 spiro atoms. The van der Waals surface area contributed by atoms with Crippen molar-refractivity contribution in [3.05, 3.63) is 64.1 Å². The third-order valence-electron chi connectivity index (χ3n) is 3.54. The van der Waals surface area contributed by atoms with Gasteiger partial charge in [-0.25, -0.2) is 0 Å². The SMILES string of the molecule is Cc1ccccc1NC(C)(CN)Cc1ccc(Br)cc1. The predicted octanol–water partition coefficient (Wildman–Crippen LogP) is 4.13. The summed E-state index contributed by atoms with van der Waals surface area (Å²) in [6, 6.07) is 16.7. The second kappa shape index (κ2) is 6.42. The molecule has 0 aromatic heterocycles. The van der Waals surface area contributed by atoms with Gasteiger partial charge in [-0.1, -0.05) is 46.3 Å². The van der Waals surface area contributed by atoms with Crippen molar-refractivity contribution >= 4 is 21.6 Å². The van der Waals surface area contributed by atoms with Crippen molar-refractivity contribution in [1.82, 2.24) is 0 Å². The molecule has 1 unspecified atom stereocenters. The highest BCUT2D eigenvalue weighted by atomic mass is 79.9. The van der Waals surface area contributed by atoms with Crippen molar-refractivity contribution in [2.24, 2.45) is 5.73 Å². The summed E-state index contributed by atoms with van der Waals surface area (Å²) in [5, 5.41) is 3.60. The van der Waals surface area contributed by atoms with Crippen molar-refractivity contribution in [3.8, 4) is 0 Å². The average molecular weight is 333 g/mol. The fourth-order valence-electron chi connectivity index (χ4n) is 2.26. The van der Waals surface area contributed by atoms with Crippen LogP contribution in [0.4, 0.5) is 5.69 Å². The molecule has 0 bridgehead atoms. The minimum atomic E-state index is -0.153. The number of nitrogens with two attached hydrogens (primary N) is 1. The van der Waals surface area contributed by atoms with Crippen LogP contribution in [0.5, 0.6) is 0 Å². The Morgan fingerprint density at radius 1 is 1.10 bits per heavy atom. The Labute approximate surface area is 129 Å². The van der Waals surface area contributed by atoms with Gasteiger partial charge in [-0.15, -0.1) is 0 Å². The van der Waals surface area contributed by atoms with Crippen molar-refractivity contribution in [3.63, 3.8) is 0 Å². The number of para-hydroxylation sites is 1. The summed E-state index contributed by atoms with van der Waals surface area (Å²) in [5.74, 6) is 0. The molecule has 0 aliphatic carbocycles. The summed E-state index contributed by atoms with van der Waals surface area (Å²) in [7, 11) is 0. The van der Waals surface area contributed by atoms with Gasteiger partial charge in [0, 0.05) is 16.7 Å². The molecule has 0 fully saturated rings. The number of nitrogens with one attached hydrogen (secondary N) is 1. The summed E-state index contributed by atoms with van der Waals surface area (Å²) in [4.78, 5) is 0. The third-order valence-corrected chi connectivity index (χ3v) is 4.07. The highest BCUT2D eigenvalue weighted by molar-refractivity contribution is 9.10. The van der Waals surface area contributed by atoms with Gasteiger partial charge in [-0.2, -0.15) is 0 Å². The standard InChI is InChI=1S/C17H21BrN2/c1-13-5-3-4-6-16(13)20-17(2,12-19)11-14-7-9-15(18)10-8-14/h3-10,20H,11-12,19H2,1-2H3. The van der Waals surface area contributed by atoms with Gasteiger partial charge in [0.15, 0.2) is 0 Å². The van der Waals surface area contributed by atoms with Crippen molar-refractivity contribution in [2.75, 3.05) is 11.9 Å². The molecule has 0 radical (unpaired) electrons. The van der Waals surface area contributed by atoms with E-state index in [1.165, 1.54) is 11.1 Å². The summed E-state index contributed by atoms with van der Waals surface area (Å²) >= 11 is 3.47. The molecule has 0 amide bonds. The van der Waals surface area contributed by atoms with Crippen LogP contribution in [-0.4, -0.2) is 12.1 Å². The van der Waals surface area contributed by atoms with E-state index < -0.39 is 0 Å². The largest absolute Gasteiger partial charge is 0.378 e. The fraction of sp³-hybridized carbons (Fsp3) is 0.294. The Bertz CT molecular complexity index is 565. The molecule has 1 atom stereocenters. The molecule has 3 N–H and O–H groups in total. The fourth-order valence-corrected chi connectivity index (χ4v) is 2.52. The monoisotopic (exact) mass is 332 g/mol. The molecule has 0 aliphatic heterocycles. The Balaban J connectivity index is 2.17. The van der Waals surface area contributed by atoms with Crippen LogP contribution in [0.2, 0.25) is 0 Å². The summed E-state index contributed by atoms with van der Waals surface area (Å²) in [6.07, 6.45) is 0.894. The van der Waals surface area contributed by atoms with Crippen LogP contribution in [0.1, 0.15) is 18.1 Å². The molecule has 20 heavy (non-hydrogen) atoms. The van der Waals surface area contributed by atoms with Gasteiger partial charge in [-0.05, 0) is 49.6 Å². The first kappa shape index (κ1) is 15.1. The van der Waals surface area contributed by atoms with E-state index in [1.807, 2.05) is 6.07 Å². The second-order valence-corrected chi connectivity index (χ2v) is 6.42. The molecule has 2 nitrogen and oxygen atoms in total. The van der Waals surface area contributed by atoms with Gasteiger partial charge in [0.2, 0.25) is 0 Å². The maximum atomic E-state index is 6.01. The molecule has 2 aromatic rings. The number of hydrogen-bond donors (Lipinski definition) is 2. The molecule has 0 saturated carbocycles. The lowest BCUT2D eigenvalue weighted by Crippen LogP contribution is -2.44. The van der Waals surface area contributed by atoms with Crippen molar-refractivity contribution < 1.29 is 0 Å². The van der Waals surface area contributed by atoms with E-state index in [1.54, 1.807) is 0 Å². The normalized spacial score (nSPS) is 13.8. The molecule has 2 rings (SSSR count). The third kappa shape index (κ3) is 3.84. The minimum Gasteiger partial charge on any atom is -0.378 e. The van der Waals surface area contributed by atoms with Gasteiger partial charge in [0.1, 0.15) is 0 Å². The van der Waals surface area contributed by atoms with Crippen LogP contribution in [0, 0.1) is 6.92 Å². The maximum absolute atomic E-state index is 6.01. The van der Waals surface area contributed by atoms with Crippen LogP contribution in [0.3, 0.4) is 0 Å². The highest BCUT2D eigenvalue weighted by Gasteiger charge is 2.23. The minimum absolute atomic E-state index is 0.153. The molecule has 3 heteroatoms. The molecule has 2 aromatic carbocycles. The predicted molar refractivity (Wildman–Crippen MR) is 90.1 cm³/mol. The molecule has 106 valence electrons. The van der Waals surface area contributed by atoms with E-state index >= 15 is 0 Å². The quantitative estimate of drug-likeness (QED) is 0.863.